The number of aromatic nitrogens is 2. The largest absolute Gasteiger partial charge is 0.481 e. The molecule has 0 aliphatic rings. The lowest BCUT2D eigenvalue weighted by Crippen LogP contribution is -2.59. The molecule has 0 spiro atoms. The van der Waals surface area contributed by atoms with Gasteiger partial charge in [-0.15, -0.1) is 0 Å². The summed E-state index contributed by atoms with van der Waals surface area (Å²) < 4.78 is 0. The highest BCUT2D eigenvalue weighted by molar-refractivity contribution is 5.95. The maximum absolute atomic E-state index is 13.2. The van der Waals surface area contributed by atoms with Crippen molar-refractivity contribution in [3.63, 3.8) is 0 Å². The second-order valence-corrected chi connectivity index (χ2v) is 8.60. The molecule has 0 saturated heterocycles. The standard InChI is InChI=1S/C22H37N7O7/c1-3-12(2)18(29-19(32)14(24)9-17(30)31)21(34)28-16(8-13-10-25-11-26-13)20(33)27-15(22(35)36)6-4-5-7-23/h10-12,14-16,18H,3-9,23-24H2,1-2H3,(H,25,26)(H,27,33)(H,28,34)(H,29,32)(H,30,31)(H,35,36). The normalized spacial score (nSPS) is 15.1. The Morgan fingerprint density at radius 3 is 2.22 bits per heavy atom. The van der Waals surface area contributed by atoms with Gasteiger partial charge in [-0.25, -0.2) is 9.78 Å². The molecule has 5 unspecified atom stereocenters. The Morgan fingerprint density at radius 2 is 1.69 bits per heavy atom. The Labute approximate surface area is 209 Å². The lowest BCUT2D eigenvalue weighted by Gasteiger charge is -2.27. The first kappa shape index (κ1) is 30.5. The Balaban J connectivity index is 3.06. The van der Waals surface area contributed by atoms with Crippen LogP contribution in [0, 0.1) is 5.92 Å². The highest BCUT2D eigenvalue weighted by atomic mass is 16.4. The summed E-state index contributed by atoms with van der Waals surface area (Å²) in [5.41, 5.74) is 11.6. The Hall–Kier alpha value is -3.52. The fourth-order valence-corrected chi connectivity index (χ4v) is 3.35. The zero-order valence-electron chi connectivity index (χ0n) is 20.5. The quantitative estimate of drug-likeness (QED) is 0.112. The topological polar surface area (TPSA) is 243 Å². The summed E-state index contributed by atoms with van der Waals surface area (Å²) in [5, 5.41) is 25.9. The van der Waals surface area contributed by atoms with Crippen LogP contribution in [0.5, 0.6) is 0 Å². The first-order chi connectivity index (χ1) is 17.0. The molecule has 14 heteroatoms. The van der Waals surface area contributed by atoms with E-state index in [0.717, 1.165) is 0 Å². The van der Waals surface area contributed by atoms with Crippen LogP contribution in [0.2, 0.25) is 0 Å². The fraction of sp³-hybridized carbons (Fsp3) is 0.636. The molecule has 202 valence electrons. The first-order valence-corrected chi connectivity index (χ1v) is 11.8. The molecule has 1 heterocycles. The fourth-order valence-electron chi connectivity index (χ4n) is 3.35. The highest BCUT2D eigenvalue weighted by Gasteiger charge is 2.33. The van der Waals surface area contributed by atoms with Gasteiger partial charge in [0.05, 0.1) is 18.8 Å². The van der Waals surface area contributed by atoms with Crippen LogP contribution in [0.4, 0.5) is 0 Å². The smallest absolute Gasteiger partial charge is 0.326 e. The number of carboxylic acids is 2. The minimum absolute atomic E-state index is 0.0214. The number of carboxylic acid groups (broad SMARTS) is 2. The molecule has 1 aromatic heterocycles. The van der Waals surface area contributed by atoms with Crippen molar-refractivity contribution in [1.82, 2.24) is 25.9 Å². The van der Waals surface area contributed by atoms with Crippen LogP contribution in [0.15, 0.2) is 12.5 Å². The van der Waals surface area contributed by atoms with E-state index in [1.54, 1.807) is 13.8 Å². The van der Waals surface area contributed by atoms with E-state index in [0.29, 0.717) is 31.5 Å². The molecule has 14 nitrogen and oxygen atoms in total. The van der Waals surface area contributed by atoms with Gasteiger partial charge in [-0.05, 0) is 31.7 Å². The number of H-pyrrole nitrogens is 1. The van der Waals surface area contributed by atoms with Crippen molar-refractivity contribution in [2.24, 2.45) is 17.4 Å². The van der Waals surface area contributed by atoms with E-state index in [-0.39, 0.29) is 18.8 Å². The second kappa shape index (κ2) is 15.5. The molecule has 0 fully saturated rings. The van der Waals surface area contributed by atoms with Crippen molar-refractivity contribution in [2.75, 3.05) is 6.54 Å². The number of rotatable bonds is 17. The number of aromatic amines is 1. The van der Waals surface area contributed by atoms with Gasteiger partial charge < -0.3 is 42.6 Å². The molecular weight excluding hydrogens is 474 g/mol. The molecule has 0 radical (unpaired) electrons. The molecule has 10 N–H and O–H groups in total. The third-order valence-electron chi connectivity index (χ3n) is 5.70. The van der Waals surface area contributed by atoms with Crippen molar-refractivity contribution in [3.05, 3.63) is 18.2 Å². The maximum atomic E-state index is 13.2. The molecule has 0 aliphatic heterocycles. The van der Waals surface area contributed by atoms with Crippen molar-refractivity contribution >= 4 is 29.7 Å². The molecule has 0 saturated carbocycles. The van der Waals surface area contributed by atoms with Gasteiger partial charge >= 0.3 is 11.9 Å². The van der Waals surface area contributed by atoms with Crippen LogP contribution < -0.4 is 27.4 Å². The van der Waals surface area contributed by atoms with Gasteiger partial charge in [0.15, 0.2) is 0 Å². The van der Waals surface area contributed by atoms with E-state index < -0.39 is 60.2 Å². The predicted octanol–water partition coefficient (Wildman–Crippen LogP) is -1.53. The van der Waals surface area contributed by atoms with Crippen LogP contribution in [0.25, 0.3) is 0 Å². The average molecular weight is 512 g/mol. The third kappa shape index (κ3) is 10.4. The number of nitrogens with zero attached hydrogens (tertiary/aromatic N) is 1. The van der Waals surface area contributed by atoms with E-state index in [9.17, 15) is 29.1 Å². The van der Waals surface area contributed by atoms with Crippen molar-refractivity contribution < 1.29 is 34.2 Å². The number of amides is 3. The van der Waals surface area contributed by atoms with Gasteiger partial charge in [-0.3, -0.25) is 19.2 Å². The molecule has 0 bridgehead atoms. The number of carbonyl (C=O) groups excluding carboxylic acids is 3. The molecule has 3 amide bonds. The average Bonchev–Trinajstić information content (AvgIpc) is 3.33. The lowest BCUT2D eigenvalue weighted by molar-refractivity contribution is -0.142. The maximum Gasteiger partial charge on any atom is 0.326 e. The molecule has 0 aromatic carbocycles. The van der Waals surface area contributed by atoms with Crippen LogP contribution in [0.1, 0.15) is 51.6 Å². The minimum atomic E-state index is -1.37. The number of aliphatic carboxylic acids is 2. The van der Waals surface area contributed by atoms with E-state index in [4.69, 9.17) is 16.6 Å². The van der Waals surface area contributed by atoms with Crippen molar-refractivity contribution in [2.45, 2.75) is 76.5 Å². The van der Waals surface area contributed by atoms with Crippen molar-refractivity contribution in [1.29, 1.82) is 0 Å². The van der Waals surface area contributed by atoms with E-state index >= 15 is 0 Å². The summed E-state index contributed by atoms with van der Waals surface area (Å²) in [5.74, 6) is -5.12. The van der Waals surface area contributed by atoms with Gasteiger partial charge in [0.25, 0.3) is 0 Å². The third-order valence-corrected chi connectivity index (χ3v) is 5.70. The number of hydrogen-bond acceptors (Lipinski definition) is 8. The van der Waals surface area contributed by atoms with E-state index in [1.807, 2.05) is 0 Å². The van der Waals surface area contributed by atoms with Crippen LogP contribution in [-0.4, -0.2) is 80.6 Å². The van der Waals surface area contributed by atoms with Gasteiger partial charge in [-0.2, -0.15) is 0 Å². The Kier molecular flexibility index (Phi) is 13.1. The number of nitrogens with one attached hydrogen (secondary N) is 4. The number of hydrogen-bond donors (Lipinski definition) is 8. The van der Waals surface area contributed by atoms with E-state index in [1.165, 1.54) is 12.5 Å². The van der Waals surface area contributed by atoms with Crippen LogP contribution in [0.3, 0.4) is 0 Å². The number of imidazole rings is 1. The van der Waals surface area contributed by atoms with Crippen LogP contribution in [-0.2, 0) is 30.4 Å². The Morgan fingerprint density at radius 1 is 1.03 bits per heavy atom. The van der Waals surface area contributed by atoms with Crippen molar-refractivity contribution in [3.8, 4) is 0 Å². The predicted molar refractivity (Wildman–Crippen MR) is 128 cm³/mol. The Bertz CT molecular complexity index is 878. The SMILES string of the molecule is CCC(C)C(NC(=O)C(N)CC(=O)O)C(=O)NC(Cc1cnc[nH]1)C(=O)NC(CCCCN)C(=O)O. The van der Waals surface area contributed by atoms with Gasteiger partial charge in [0.2, 0.25) is 17.7 Å². The zero-order chi connectivity index (χ0) is 27.3. The molecule has 1 rings (SSSR count). The summed E-state index contributed by atoms with van der Waals surface area (Å²) in [6, 6.07) is -4.84. The highest BCUT2D eigenvalue weighted by Crippen LogP contribution is 2.11. The van der Waals surface area contributed by atoms with Crippen LogP contribution >= 0.6 is 0 Å². The monoisotopic (exact) mass is 511 g/mol. The first-order valence-electron chi connectivity index (χ1n) is 11.8. The molecule has 1 aromatic rings. The van der Waals surface area contributed by atoms with E-state index in [2.05, 4.69) is 25.9 Å². The molecule has 5 atom stereocenters. The van der Waals surface area contributed by atoms with Gasteiger partial charge in [0.1, 0.15) is 18.1 Å². The zero-order valence-corrected chi connectivity index (χ0v) is 20.5. The number of unbranched alkanes of at least 4 members (excludes halogenated alkanes) is 1. The van der Waals surface area contributed by atoms with Gasteiger partial charge in [0, 0.05) is 18.3 Å². The second-order valence-electron chi connectivity index (χ2n) is 8.60. The molecule has 0 aliphatic carbocycles. The summed E-state index contributed by atoms with van der Waals surface area (Å²) in [6.07, 6.45) is 3.94. The number of carbonyl (C=O) groups is 5. The molecule has 36 heavy (non-hydrogen) atoms. The summed E-state index contributed by atoms with van der Waals surface area (Å²) >= 11 is 0. The lowest BCUT2D eigenvalue weighted by atomic mass is 9.97. The molecular formula is C22H37N7O7. The van der Waals surface area contributed by atoms with Gasteiger partial charge in [-0.1, -0.05) is 20.3 Å². The summed E-state index contributed by atoms with van der Waals surface area (Å²) in [6.45, 7) is 3.88. The summed E-state index contributed by atoms with van der Waals surface area (Å²) in [7, 11) is 0. The minimum Gasteiger partial charge on any atom is -0.481 e. The summed E-state index contributed by atoms with van der Waals surface area (Å²) in [4.78, 5) is 67.8. The number of nitrogens with two attached hydrogens (primary N) is 2.